The molecule has 4 aromatic carbocycles. The van der Waals surface area contributed by atoms with E-state index in [-0.39, 0.29) is 70.7 Å². The molecule has 1 aliphatic carbocycles. The van der Waals surface area contributed by atoms with Crippen molar-refractivity contribution in [2.75, 3.05) is 64.5 Å². The number of primary amides is 1. The van der Waals surface area contributed by atoms with Crippen molar-refractivity contribution in [3.05, 3.63) is 106 Å². The lowest BCUT2D eigenvalue weighted by molar-refractivity contribution is -0.145. The number of imide groups is 1. The number of nitrogens with one attached hydrogen (secondary N) is 2. The molecule has 5 heterocycles. The summed E-state index contributed by atoms with van der Waals surface area (Å²) in [5.41, 5.74) is 7.26. The normalized spacial score (nSPS) is 24.0. The Kier molecular flexibility index (Phi) is 14.5. The minimum atomic E-state index is -1.10. The lowest BCUT2D eigenvalue weighted by Crippen LogP contribution is -2.53. The van der Waals surface area contributed by atoms with E-state index < -0.39 is 40.5 Å². The van der Waals surface area contributed by atoms with Crippen molar-refractivity contribution >= 4 is 52.1 Å². The summed E-state index contributed by atoms with van der Waals surface area (Å²) in [7, 11) is 3.38. The highest BCUT2D eigenvalue weighted by molar-refractivity contribution is 6.34. The summed E-state index contributed by atoms with van der Waals surface area (Å²) in [6.45, 7) is 8.34. The minimum Gasteiger partial charge on any atom is -0.488 e. The molecule has 4 N–H and O–H groups in total. The first kappa shape index (κ1) is 51.4. The Balaban J connectivity index is 0.762. The van der Waals surface area contributed by atoms with E-state index in [1.165, 1.54) is 30.9 Å². The number of carbonyl (C=O) groups is 4. The number of carbonyl (C=O) groups excluding carboxylic acids is 4. The minimum absolute atomic E-state index is 0.0179. The van der Waals surface area contributed by atoms with Gasteiger partial charge in [-0.3, -0.25) is 29.3 Å². The van der Waals surface area contributed by atoms with Crippen LogP contribution in [0.25, 0.3) is 22.0 Å². The number of amides is 5. The smallest absolute Gasteiger partial charge is 0.329 e. The van der Waals surface area contributed by atoms with Gasteiger partial charge in [0, 0.05) is 98.3 Å². The van der Waals surface area contributed by atoms with Gasteiger partial charge in [0.1, 0.15) is 18.2 Å². The molecule has 4 fully saturated rings. The molecule has 1 aromatic heterocycles. The number of piperidine rings is 2. The third kappa shape index (κ3) is 9.49. The van der Waals surface area contributed by atoms with E-state index >= 15 is 8.78 Å². The molecule has 5 aromatic rings. The van der Waals surface area contributed by atoms with Crippen LogP contribution in [0.1, 0.15) is 111 Å². The van der Waals surface area contributed by atoms with Crippen molar-refractivity contribution in [1.82, 2.24) is 30.2 Å². The second-order valence-electron chi connectivity index (χ2n) is 21.1. The number of urea groups is 1. The van der Waals surface area contributed by atoms with Gasteiger partial charge in [0.05, 0.1) is 22.7 Å². The highest BCUT2D eigenvalue weighted by Crippen LogP contribution is 2.57. The molecule has 15 nitrogen and oxygen atoms in total. The second kappa shape index (κ2) is 20.9. The molecule has 74 heavy (non-hydrogen) atoms. The Hall–Kier alpha value is -6.14. The van der Waals surface area contributed by atoms with Gasteiger partial charge in [-0.25, -0.2) is 13.6 Å². The van der Waals surface area contributed by atoms with Crippen molar-refractivity contribution in [3.8, 4) is 22.6 Å². The van der Waals surface area contributed by atoms with E-state index in [4.69, 9.17) is 31.5 Å². The zero-order chi connectivity index (χ0) is 52.1. The van der Waals surface area contributed by atoms with Crippen molar-refractivity contribution in [2.45, 2.75) is 101 Å². The maximum Gasteiger partial charge on any atom is 0.329 e. The molecule has 2 atom stereocenters. The predicted molar refractivity (Wildman–Crippen MR) is 278 cm³/mol. The predicted octanol–water partition coefficient (Wildman–Crippen LogP) is 8.54. The van der Waals surface area contributed by atoms with Gasteiger partial charge in [-0.2, -0.15) is 5.10 Å². The van der Waals surface area contributed by atoms with Crippen LogP contribution in [0, 0.1) is 17.0 Å². The Morgan fingerprint density at radius 3 is 2.35 bits per heavy atom. The monoisotopic (exact) mass is 1030 g/mol. The van der Waals surface area contributed by atoms with Crippen molar-refractivity contribution in [1.29, 1.82) is 0 Å². The van der Waals surface area contributed by atoms with Crippen LogP contribution in [-0.4, -0.2) is 115 Å². The first-order chi connectivity index (χ1) is 35.6. The van der Waals surface area contributed by atoms with Crippen LogP contribution in [0.4, 0.5) is 19.4 Å². The molecule has 5 amide bonds. The Morgan fingerprint density at radius 1 is 0.932 bits per heavy atom. The van der Waals surface area contributed by atoms with Gasteiger partial charge >= 0.3 is 6.03 Å². The molecule has 0 radical (unpaired) electrons. The van der Waals surface area contributed by atoms with Crippen LogP contribution < -0.4 is 30.7 Å². The number of ether oxygens (including phenoxy) is 3. The topological polar surface area (TPSA) is 174 Å². The summed E-state index contributed by atoms with van der Waals surface area (Å²) in [5.74, 6) is -2.25. The third-order valence-corrected chi connectivity index (χ3v) is 17.1. The van der Waals surface area contributed by atoms with Gasteiger partial charge in [-0.05, 0) is 106 Å². The van der Waals surface area contributed by atoms with Gasteiger partial charge in [-0.1, -0.05) is 61.8 Å². The molecule has 5 aliphatic rings. The van der Waals surface area contributed by atoms with Crippen LogP contribution in [0.3, 0.4) is 0 Å². The zero-order valence-corrected chi connectivity index (χ0v) is 43.2. The molecule has 0 bridgehead atoms. The van der Waals surface area contributed by atoms with E-state index in [0.717, 1.165) is 94.0 Å². The molecule has 4 aliphatic heterocycles. The number of halogens is 3. The number of fused-ring (bicyclic) bond motifs is 2. The molecular formula is C56H65ClF2N8O7. The fourth-order valence-corrected chi connectivity index (χ4v) is 12.7. The highest BCUT2D eigenvalue weighted by Gasteiger charge is 2.51. The quantitative estimate of drug-likeness (QED) is 0.0916. The van der Waals surface area contributed by atoms with E-state index in [2.05, 4.69) is 50.7 Å². The standard InChI is InChI=1S/C56H65ClF2N8O7/c1-33-46-44(31-41(58)49(57)48(46)47-40(51(60)69)12-13-43(50(47)59)73-29-28-72-4)74-56(33,36-8-6-5-7-9-36)32-61-37-14-21-55(2,22-15-37)53(70)66-25-18-38(19-26-66)65-23-16-34(17-24-65)35-10-11-39-42(30-35)64(3)63-52(39)67-27-20-45(68)62-54(67)71/h5-13,30-31,33-34,37-38,61H,14-29,32H2,1-4H3,(H2,60,69)(H,62,68,71). The maximum atomic E-state index is 16.7. The number of benzene rings is 4. The van der Waals surface area contributed by atoms with Crippen LogP contribution in [0.5, 0.6) is 11.5 Å². The van der Waals surface area contributed by atoms with Gasteiger partial charge < -0.3 is 35.1 Å². The van der Waals surface area contributed by atoms with Gasteiger partial charge in [-0.15, -0.1) is 0 Å². The lowest BCUT2D eigenvalue weighted by atomic mass is 9.72. The summed E-state index contributed by atoms with van der Waals surface area (Å²) in [5, 5.41) is 11.4. The summed E-state index contributed by atoms with van der Waals surface area (Å²) < 4.78 is 52.1. The molecule has 392 valence electrons. The average molecular weight is 1040 g/mol. The zero-order valence-electron chi connectivity index (χ0n) is 42.5. The Labute approximate surface area is 435 Å². The summed E-state index contributed by atoms with van der Waals surface area (Å²) in [6.07, 6.45) is 7.17. The van der Waals surface area contributed by atoms with Gasteiger partial charge in [0.25, 0.3) is 0 Å². The molecule has 3 saturated heterocycles. The van der Waals surface area contributed by atoms with Crippen LogP contribution in [0.2, 0.25) is 5.02 Å². The number of nitrogens with two attached hydrogens (primary N) is 1. The SMILES string of the molecule is COCCOc1ccc(C(N)=O)c(-c2c(Cl)c(F)cc3c2C(C)C(CNC2CCC(C)(C(=O)N4CCC(N5CCC(c6ccc7c(N8CCC(=O)NC8=O)nn(C)c7c6)CC5)CC4)CC2)(c2ccccc2)O3)c1F. The fraction of sp³-hybridized carbons (Fsp3) is 0.482. The molecular weight excluding hydrogens is 970 g/mol. The van der Waals surface area contributed by atoms with Crippen LogP contribution in [0.15, 0.2) is 66.7 Å². The van der Waals surface area contributed by atoms with Crippen molar-refractivity contribution in [2.24, 2.45) is 18.2 Å². The number of aryl methyl sites for hydroxylation is 1. The number of hydrogen-bond donors (Lipinski definition) is 3. The number of rotatable bonds is 14. The number of methoxy groups -OCH3 is 1. The molecule has 18 heteroatoms. The summed E-state index contributed by atoms with van der Waals surface area (Å²) >= 11 is 6.78. The number of anilines is 1. The maximum absolute atomic E-state index is 16.7. The van der Waals surface area contributed by atoms with Crippen molar-refractivity contribution in [3.63, 3.8) is 0 Å². The summed E-state index contributed by atoms with van der Waals surface area (Å²) in [4.78, 5) is 57.8. The lowest BCUT2D eigenvalue weighted by Gasteiger charge is -2.45. The highest BCUT2D eigenvalue weighted by atomic mass is 35.5. The van der Waals surface area contributed by atoms with E-state index in [0.29, 0.717) is 36.4 Å². The number of aromatic nitrogens is 2. The van der Waals surface area contributed by atoms with Crippen LogP contribution >= 0.6 is 11.6 Å². The van der Waals surface area contributed by atoms with E-state index in [9.17, 15) is 19.2 Å². The average Bonchev–Trinajstić information content (AvgIpc) is 3.89. The first-order valence-corrected chi connectivity index (χ1v) is 26.3. The molecule has 2 unspecified atom stereocenters. The number of nitrogens with zero attached hydrogens (tertiary/aromatic N) is 5. The first-order valence-electron chi connectivity index (χ1n) is 26.0. The largest absolute Gasteiger partial charge is 0.488 e. The molecule has 10 rings (SSSR count). The molecule has 1 saturated carbocycles. The Morgan fingerprint density at radius 2 is 1.66 bits per heavy atom. The van der Waals surface area contributed by atoms with Crippen molar-refractivity contribution < 1.29 is 42.2 Å². The number of likely N-dealkylation sites (tertiary alicyclic amines) is 2. The third-order valence-electron chi connectivity index (χ3n) is 16.8. The van der Waals surface area contributed by atoms with Gasteiger partial charge in [0.2, 0.25) is 17.7 Å². The number of hydrogen-bond acceptors (Lipinski definition) is 10. The fourth-order valence-electron chi connectivity index (χ4n) is 12.4. The molecule has 0 spiro atoms. The van der Waals surface area contributed by atoms with Gasteiger partial charge in [0.15, 0.2) is 23.0 Å². The summed E-state index contributed by atoms with van der Waals surface area (Å²) in [6, 6.07) is 20.0. The second-order valence-corrected chi connectivity index (χ2v) is 21.5. The Bertz CT molecular complexity index is 2970. The van der Waals surface area contributed by atoms with E-state index in [1.807, 2.05) is 49.0 Å². The van der Waals surface area contributed by atoms with Crippen LogP contribution in [-0.2, 0) is 27.0 Å². The van der Waals surface area contributed by atoms with E-state index in [1.54, 1.807) is 4.90 Å².